The molecule has 110 valence electrons. The highest BCUT2D eigenvalue weighted by Crippen LogP contribution is 2.29. The first-order chi connectivity index (χ1) is 9.67. The molecule has 0 bridgehead atoms. The van der Waals surface area contributed by atoms with Crippen LogP contribution in [0.3, 0.4) is 0 Å². The van der Waals surface area contributed by atoms with Gasteiger partial charge in [-0.2, -0.15) is 0 Å². The Bertz CT molecular complexity index is 456. The third-order valence-electron chi connectivity index (χ3n) is 4.27. The smallest absolute Gasteiger partial charge is 0.219 e. The molecule has 1 atom stereocenters. The lowest BCUT2D eigenvalue weighted by atomic mass is 9.90. The lowest BCUT2D eigenvalue weighted by Gasteiger charge is -2.47. The van der Waals surface area contributed by atoms with Crippen LogP contribution in [-0.2, 0) is 16.1 Å². The Morgan fingerprint density at radius 2 is 2.30 bits per heavy atom. The molecular formula is C15H22N2O3. The third-order valence-corrected chi connectivity index (χ3v) is 4.27. The number of furan rings is 1. The molecule has 5 heteroatoms. The number of likely N-dealkylation sites (tertiary alicyclic amines) is 1. The van der Waals surface area contributed by atoms with Crippen LogP contribution in [0, 0.1) is 0 Å². The average Bonchev–Trinajstić information content (AvgIpc) is 2.92. The van der Waals surface area contributed by atoms with E-state index in [4.69, 9.17) is 9.15 Å². The Balaban J connectivity index is 1.65. The van der Waals surface area contributed by atoms with Crippen LogP contribution in [0.15, 0.2) is 22.8 Å². The molecule has 20 heavy (non-hydrogen) atoms. The molecule has 3 heterocycles. The van der Waals surface area contributed by atoms with Crippen LogP contribution in [-0.4, -0.2) is 54.1 Å². The van der Waals surface area contributed by atoms with E-state index in [2.05, 4.69) is 4.90 Å². The maximum Gasteiger partial charge on any atom is 0.219 e. The Kier molecular flexibility index (Phi) is 3.81. The van der Waals surface area contributed by atoms with E-state index in [0.717, 1.165) is 57.9 Å². The van der Waals surface area contributed by atoms with Crippen molar-refractivity contribution in [3.05, 3.63) is 24.2 Å². The highest BCUT2D eigenvalue weighted by molar-refractivity contribution is 5.73. The minimum absolute atomic E-state index is 0.149. The molecule has 1 amide bonds. The van der Waals surface area contributed by atoms with E-state index in [1.807, 2.05) is 17.0 Å². The predicted octanol–water partition coefficient (Wildman–Crippen LogP) is 1.49. The van der Waals surface area contributed by atoms with Crippen molar-refractivity contribution in [2.45, 2.75) is 31.9 Å². The zero-order valence-corrected chi connectivity index (χ0v) is 12.0. The van der Waals surface area contributed by atoms with Crippen molar-refractivity contribution in [3.8, 4) is 0 Å². The van der Waals surface area contributed by atoms with E-state index in [1.165, 1.54) is 0 Å². The third kappa shape index (κ3) is 2.88. The van der Waals surface area contributed by atoms with Gasteiger partial charge in [0.05, 0.1) is 31.6 Å². The number of carbonyl (C=O) groups excluding carboxylic acids is 1. The zero-order chi connectivity index (χ0) is 14.0. The summed E-state index contributed by atoms with van der Waals surface area (Å²) in [4.78, 5) is 15.9. The molecule has 2 aliphatic heterocycles. The highest BCUT2D eigenvalue weighted by Gasteiger charge is 2.41. The van der Waals surface area contributed by atoms with E-state index in [9.17, 15) is 4.79 Å². The number of rotatable bonds is 2. The number of amides is 1. The minimum Gasteiger partial charge on any atom is -0.468 e. The van der Waals surface area contributed by atoms with E-state index in [0.29, 0.717) is 0 Å². The first-order valence-corrected chi connectivity index (χ1v) is 7.31. The van der Waals surface area contributed by atoms with Gasteiger partial charge in [-0.15, -0.1) is 0 Å². The fraction of sp³-hybridized carbons (Fsp3) is 0.667. The monoisotopic (exact) mass is 278 g/mol. The molecule has 0 radical (unpaired) electrons. The maximum atomic E-state index is 11.6. The van der Waals surface area contributed by atoms with Gasteiger partial charge in [0.1, 0.15) is 5.76 Å². The SMILES string of the molecule is CC(=O)N1CCC[C@]2(CN(Cc3ccco3)CCO2)C1. The zero-order valence-electron chi connectivity index (χ0n) is 12.0. The van der Waals surface area contributed by atoms with E-state index in [-0.39, 0.29) is 11.5 Å². The maximum absolute atomic E-state index is 11.6. The molecular weight excluding hydrogens is 256 g/mol. The number of ether oxygens (including phenoxy) is 1. The Morgan fingerprint density at radius 3 is 3.05 bits per heavy atom. The van der Waals surface area contributed by atoms with Gasteiger partial charge in [0.15, 0.2) is 0 Å². The molecule has 1 aromatic heterocycles. The quantitative estimate of drug-likeness (QED) is 0.822. The highest BCUT2D eigenvalue weighted by atomic mass is 16.5. The molecule has 0 N–H and O–H groups in total. The Hall–Kier alpha value is -1.33. The van der Waals surface area contributed by atoms with Crippen molar-refractivity contribution in [1.29, 1.82) is 0 Å². The number of piperidine rings is 1. The van der Waals surface area contributed by atoms with Crippen molar-refractivity contribution in [2.75, 3.05) is 32.8 Å². The summed E-state index contributed by atoms with van der Waals surface area (Å²) in [7, 11) is 0. The van der Waals surface area contributed by atoms with E-state index < -0.39 is 0 Å². The van der Waals surface area contributed by atoms with Gasteiger partial charge in [0, 0.05) is 26.6 Å². The fourth-order valence-electron chi connectivity index (χ4n) is 3.30. The van der Waals surface area contributed by atoms with Crippen LogP contribution in [0.25, 0.3) is 0 Å². The molecule has 0 aromatic carbocycles. The molecule has 0 unspecified atom stereocenters. The summed E-state index contributed by atoms with van der Waals surface area (Å²) in [6.45, 7) is 6.56. The lowest BCUT2D eigenvalue weighted by molar-refractivity contribution is -0.157. The molecule has 3 rings (SSSR count). The van der Waals surface area contributed by atoms with Crippen LogP contribution in [0.5, 0.6) is 0 Å². The normalized spacial score (nSPS) is 27.9. The lowest BCUT2D eigenvalue weighted by Crippen LogP contribution is -2.60. The minimum atomic E-state index is -0.186. The number of morpholine rings is 1. The van der Waals surface area contributed by atoms with Gasteiger partial charge in [-0.1, -0.05) is 0 Å². The standard InChI is InChI=1S/C15H22N2O3/c1-13(18)17-6-3-5-15(12-17)11-16(7-9-20-15)10-14-4-2-8-19-14/h2,4,8H,3,5-7,9-12H2,1H3/t15-/m0/s1. The Labute approximate surface area is 119 Å². The summed E-state index contributed by atoms with van der Waals surface area (Å²) < 4.78 is 11.5. The van der Waals surface area contributed by atoms with Crippen molar-refractivity contribution in [3.63, 3.8) is 0 Å². The second kappa shape index (κ2) is 5.58. The molecule has 1 spiro atoms. The van der Waals surface area contributed by atoms with Crippen molar-refractivity contribution in [2.24, 2.45) is 0 Å². The van der Waals surface area contributed by atoms with Crippen molar-refractivity contribution in [1.82, 2.24) is 9.80 Å². The number of hydrogen-bond donors (Lipinski definition) is 0. The summed E-state index contributed by atoms with van der Waals surface area (Å²) in [5.41, 5.74) is -0.186. The van der Waals surface area contributed by atoms with Gasteiger partial charge in [-0.25, -0.2) is 0 Å². The van der Waals surface area contributed by atoms with Gasteiger partial charge in [-0.05, 0) is 25.0 Å². The predicted molar refractivity (Wildman–Crippen MR) is 74.2 cm³/mol. The van der Waals surface area contributed by atoms with Gasteiger partial charge in [-0.3, -0.25) is 9.69 Å². The molecule has 1 aromatic rings. The van der Waals surface area contributed by atoms with Crippen LogP contribution in [0.2, 0.25) is 0 Å². The van der Waals surface area contributed by atoms with Gasteiger partial charge in [0.25, 0.3) is 0 Å². The largest absolute Gasteiger partial charge is 0.468 e. The summed E-state index contributed by atoms with van der Waals surface area (Å²) in [5, 5.41) is 0. The molecule has 0 aliphatic carbocycles. The average molecular weight is 278 g/mol. The van der Waals surface area contributed by atoms with Crippen molar-refractivity contribution < 1.29 is 13.9 Å². The molecule has 2 aliphatic rings. The van der Waals surface area contributed by atoms with Gasteiger partial charge < -0.3 is 14.1 Å². The second-order valence-corrected chi connectivity index (χ2v) is 5.87. The summed E-state index contributed by atoms with van der Waals surface area (Å²) in [6.07, 6.45) is 3.77. The molecule has 2 fully saturated rings. The molecule has 5 nitrogen and oxygen atoms in total. The second-order valence-electron chi connectivity index (χ2n) is 5.87. The van der Waals surface area contributed by atoms with E-state index in [1.54, 1.807) is 13.2 Å². The van der Waals surface area contributed by atoms with Crippen molar-refractivity contribution >= 4 is 5.91 Å². The first-order valence-electron chi connectivity index (χ1n) is 7.31. The van der Waals surface area contributed by atoms with Crippen LogP contribution < -0.4 is 0 Å². The van der Waals surface area contributed by atoms with Gasteiger partial charge >= 0.3 is 0 Å². The fourth-order valence-corrected chi connectivity index (χ4v) is 3.30. The summed E-state index contributed by atoms with van der Waals surface area (Å²) in [6, 6.07) is 3.93. The topological polar surface area (TPSA) is 45.9 Å². The number of hydrogen-bond acceptors (Lipinski definition) is 4. The summed E-state index contributed by atoms with van der Waals surface area (Å²) in [5.74, 6) is 1.14. The first kappa shape index (κ1) is 13.6. The van der Waals surface area contributed by atoms with E-state index >= 15 is 0 Å². The molecule has 0 saturated carbocycles. The summed E-state index contributed by atoms with van der Waals surface area (Å²) >= 11 is 0. The van der Waals surface area contributed by atoms with Crippen LogP contribution in [0.1, 0.15) is 25.5 Å². The molecule has 2 saturated heterocycles. The number of carbonyl (C=O) groups is 1. The van der Waals surface area contributed by atoms with Crippen LogP contribution in [0.4, 0.5) is 0 Å². The van der Waals surface area contributed by atoms with Crippen LogP contribution >= 0.6 is 0 Å². The van der Waals surface area contributed by atoms with Gasteiger partial charge in [0.2, 0.25) is 5.91 Å². The Morgan fingerprint density at radius 1 is 1.40 bits per heavy atom. The number of nitrogens with zero attached hydrogens (tertiary/aromatic N) is 2.